The van der Waals surface area contributed by atoms with Gasteiger partial charge in [0.1, 0.15) is 0 Å². The average molecular weight is 419 g/mol. The molecule has 154 valence electrons. The minimum Gasteiger partial charge on any atom is -0.200 e. The molecule has 30 heavy (non-hydrogen) atoms. The lowest BCUT2D eigenvalue weighted by Gasteiger charge is -2.14. The van der Waals surface area contributed by atoms with Gasteiger partial charge in [-0.2, -0.15) is 13.5 Å². The van der Waals surface area contributed by atoms with Crippen molar-refractivity contribution in [2.24, 2.45) is 5.10 Å². The van der Waals surface area contributed by atoms with Crippen molar-refractivity contribution < 1.29 is 8.42 Å². The number of hydrazone groups is 1. The molecule has 0 saturated carbocycles. The molecule has 0 unspecified atom stereocenters. The summed E-state index contributed by atoms with van der Waals surface area (Å²) in [7, 11) is -3.68. The minimum atomic E-state index is -3.68. The predicted octanol–water partition coefficient (Wildman–Crippen LogP) is 4.50. The molecule has 4 bridgehead atoms. The van der Waals surface area contributed by atoms with E-state index in [1.54, 1.807) is 30.5 Å². The van der Waals surface area contributed by atoms with Gasteiger partial charge in [-0.25, -0.2) is 4.83 Å². The SMILES string of the molecule is Cc1ccc(S(=O)(=O)N/N=C\c2cc3ccc2CCc2ccc(cc2C)CC3)cc1. The summed E-state index contributed by atoms with van der Waals surface area (Å²) >= 11 is 0. The van der Waals surface area contributed by atoms with Crippen molar-refractivity contribution in [2.75, 3.05) is 0 Å². The Hall–Kier alpha value is -2.92. The monoisotopic (exact) mass is 418 g/mol. The van der Waals surface area contributed by atoms with E-state index in [1.165, 1.54) is 27.8 Å². The van der Waals surface area contributed by atoms with Crippen LogP contribution in [0.25, 0.3) is 0 Å². The maximum absolute atomic E-state index is 12.5. The van der Waals surface area contributed by atoms with Gasteiger partial charge in [-0.15, -0.1) is 0 Å². The van der Waals surface area contributed by atoms with E-state index in [0.717, 1.165) is 36.8 Å². The number of sulfonamides is 1. The summed E-state index contributed by atoms with van der Waals surface area (Å²) in [4.78, 5) is 2.55. The van der Waals surface area contributed by atoms with Gasteiger partial charge in [0.05, 0.1) is 11.1 Å². The molecule has 4 aliphatic rings. The molecular weight excluding hydrogens is 392 g/mol. The van der Waals surface area contributed by atoms with Gasteiger partial charge in [0.2, 0.25) is 0 Å². The molecular formula is C25H26N2O2S. The minimum absolute atomic E-state index is 0.208. The third-order valence-corrected chi connectivity index (χ3v) is 6.93. The number of hydrogen-bond acceptors (Lipinski definition) is 3. The summed E-state index contributed by atoms with van der Waals surface area (Å²) < 4.78 is 25.0. The molecule has 0 amide bonds. The Morgan fingerprint density at radius 1 is 0.800 bits per heavy atom. The molecule has 7 rings (SSSR count). The topological polar surface area (TPSA) is 58.5 Å². The molecule has 0 fully saturated rings. The van der Waals surface area contributed by atoms with E-state index in [-0.39, 0.29) is 4.90 Å². The lowest BCUT2D eigenvalue weighted by Crippen LogP contribution is -2.18. The molecule has 4 aliphatic carbocycles. The molecule has 3 aromatic carbocycles. The number of rotatable bonds is 4. The number of benzene rings is 3. The Morgan fingerprint density at radius 3 is 2.13 bits per heavy atom. The van der Waals surface area contributed by atoms with Gasteiger partial charge >= 0.3 is 0 Å². The number of nitrogens with one attached hydrogen (secondary N) is 1. The van der Waals surface area contributed by atoms with Gasteiger partial charge in [0.25, 0.3) is 10.0 Å². The van der Waals surface area contributed by atoms with Crippen molar-refractivity contribution in [3.63, 3.8) is 0 Å². The van der Waals surface area contributed by atoms with Crippen LogP contribution in [0.2, 0.25) is 0 Å². The largest absolute Gasteiger partial charge is 0.276 e. The maximum atomic E-state index is 12.5. The predicted molar refractivity (Wildman–Crippen MR) is 122 cm³/mol. The second kappa shape index (κ2) is 8.44. The molecule has 4 nitrogen and oxygen atoms in total. The van der Waals surface area contributed by atoms with E-state index in [9.17, 15) is 8.42 Å². The molecule has 3 aromatic rings. The second-order valence-electron chi connectivity index (χ2n) is 7.96. The van der Waals surface area contributed by atoms with E-state index in [2.05, 4.69) is 53.3 Å². The molecule has 0 saturated heterocycles. The lowest BCUT2D eigenvalue weighted by molar-refractivity contribution is 0.584. The molecule has 0 aliphatic heterocycles. The van der Waals surface area contributed by atoms with Crippen LogP contribution >= 0.6 is 0 Å². The average Bonchev–Trinajstić information content (AvgIpc) is 2.71. The van der Waals surface area contributed by atoms with E-state index >= 15 is 0 Å². The van der Waals surface area contributed by atoms with E-state index < -0.39 is 10.0 Å². The quantitative estimate of drug-likeness (QED) is 0.501. The Kier molecular flexibility index (Phi) is 5.73. The van der Waals surface area contributed by atoms with Crippen LogP contribution in [0.5, 0.6) is 0 Å². The first-order valence-corrected chi connectivity index (χ1v) is 11.7. The van der Waals surface area contributed by atoms with Crippen molar-refractivity contribution in [1.82, 2.24) is 4.83 Å². The zero-order chi connectivity index (χ0) is 21.1. The standard InChI is InChI=1S/C25H26N2O2S/c1-18-3-13-25(14-4-18)30(28,29)27-26-17-24-16-21-6-5-20-7-9-22(19(2)15-20)11-12-23(24)10-8-21/h3-4,7-10,13-17,27H,5-6,11-12H2,1-2H3/b26-17-. The van der Waals surface area contributed by atoms with Crippen LogP contribution in [-0.2, 0) is 35.7 Å². The van der Waals surface area contributed by atoms with E-state index in [0.29, 0.717) is 0 Å². The maximum Gasteiger partial charge on any atom is 0.276 e. The highest BCUT2D eigenvalue weighted by Gasteiger charge is 2.12. The Balaban J connectivity index is 1.57. The van der Waals surface area contributed by atoms with Crippen LogP contribution in [0.15, 0.2) is 70.7 Å². The zero-order valence-electron chi connectivity index (χ0n) is 17.4. The molecule has 1 N–H and O–H groups in total. The summed E-state index contributed by atoms with van der Waals surface area (Å²) in [6.07, 6.45) is 5.38. The van der Waals surface area contributed by atoms with Crippen molar-refractivity contribution in [2.45, 2.75) is 44.4 Å². The fraction of sp³-hybridized carbons (Fsp3) is 0.240. The van der Waals surface area contributed by atoms with Crippen LogP contribution in [0, 0.1) is 13.8 Å². The molecule has 0 spiro atoms. The first kappa shape index (κ1) is 20.4. The van der Waals surface area contributed by atoms with Crippen LogP contribution in [0.4, 0.5) is 0 Å². The van der Waals surface area contributed by atoms with Gasteiger partial charge in [0.15, 0.2) is 0 Å². The number of aryl methyl sites for hydroxylation is 6. The summed E-state index contributed by atoms with van der Waals surface area (Å²) in [5.74, 6) is 0. The van der Waals surface area contributed by atoms with Crippen molar-refractivity contribution in [3.05, 3.63) is 99.6 Å². The fourth-order valence-electron chi connectivity index (χ4n) is 3.84. The third-order valence-electron chi connectivity index (χ3n) is 5.69. The number of nitrogens with zero attached hydrogens (tertiary/aromatic N) is 1. The second-order valence-corrected chi connectivity index (χ2v) is 9.62. The van der Waals surface area contributed by atoms with Crippen LogP contribution in [-0.4, -0.2) is 14.6 Å². The van der Waals surface area contributed by atoms with Gasteiger partial charge in [-0.05, 0) is 91.1 Å². The summed E-state index contributed by atoms with van der Waals surface area (Å²) in [5.41, 5.74) is 8.41. The Bertz CT molecular complexity index is 1200. The first-order chi connectivity index (χ1) is 14.4. The van der Waals surface area contributed by atoms with Gasteiger partial charge in [-0.1, -0.05) is 48.0 Å². The Labute approximate surface area is 178 Å². The highest BCUT2D eigenvalue weighted by atomic mass is 32.2. The van der Waals surface area contributed by atoms with Crippen molar-refractivity contribution in [3.8, 4) is 0 Å². The molecule has 0 aromatic heterocycles. The van der Waals surface area contributed by atoms with Crippen molar-refractivity contribution in [1.29, 1.82) is 0 Å². The van der Waals surface area contributed by atoms with Crippen molar-refractivity contribution >= 4 is 16.2 Å². The molecule has 5 heteroatoms. The van der Waals surface area contributed by atoms with Crippen LogP contribution in [0.3, 0.4) is 0 Å². The van der Waals surface area contributed by atoms with Gasteiger partial charge in [-0.3, -0.25) is 0 Å². The van der Waals surface area contributed by atoms with Crippen LogP contribution in [0.1, 0.15) is 38.9 Å². The first-order valence-electron chi connectivity index (χ1n) is 10.2. The smallest absolute Gasteiger partial charge is 0.200 e. The number of hydrogen-bond donors (Lipinski definition) is 1. The Morgan fingerprint density at radius 2 is 1.43 bits per heavy atom. The zero-order valence-corrected chi connectivity index (χ0v) is 18.2. The lowest BCUT2D eigenvalue weighted by atomic mass is 9.92. The summed E-state index contributed by atoms with van der Waals surface area (Å²) in [6.45, 7) is 4.10. The van der Waals surface area contributed by atoms with Gasteiger partial charge in [0, 0.05) is 0 Å². The fourth-order valence-corrected chi connectivity index (χ4v) is 4.63. The molecule has 0 heterocycles. The highest BCUT2D eigenvalue weighted by Crippen LogP contribution is 2.20. The molecule has 0 atom stereocenters. The van der Waals surface area contributed by atoms with Gasteiger partial charge < -0.3 is 0 Å². The normalized spacial score (nSPS) is 13.9. The summed E-state index contributed by atoms with van der Waals surface area (Å²) in [5, 5.41) is 4.08. The van der Waals surface area contributed by atoms with E-state index in [1.807, 2.05) is 6.92 Å². The third kappa shape index (κ3) is 4.62. The summed E-state index contributed by atoms with van der Waals surface area (Å²) in [6, 6.07) is 19.9. The van der Waals surface area contributed by atoms with Crippen LogP contribution < -0.4 is 4.83 Å². The molecule has 0 radical (unpaired) electrons. The highest BCUT2D eigenvalue weighted by molar-refractivity contribution is 7.89. The van der Waals surface area contributed by atoms with E-state index in [4.69, 9.17) is 0 Å².